The van der Waals surface area contributed by atoms with Crippen LogP contribution in [0.4, 0.5) is 16.5 Å². The molecule has 0 N–H and O–H groups in total. The number of para-hydroxylation sites is 2. The third-order valence-corrected chi connectivity index (χ3v) is 4.98. The van der Waals surface area contributed by atoms with Crippen molar-refractivity contribution in [1.29, 1.82) is 0 Å². The monoisotopic (exact) mass is 356 g/mol. The van der Waals surface area contributed by atoms with Gasteiger partial charge >= 0.3 is 0 Å². The molecular formula is C22H16N2OS. The van der Waals surface area contributed by atoms with Gasteiger partial charge in [-0.25, -0.2) is 4.98 Å². The van der Waals surface area contributed by atoms with E-state index < -0.39 is 0 Å². The minimum atomic E-state index is 0.628. The average Bonchev–Trinajstić information content (AvgIpc) is 3.14. The largest absolute Gasteiger partial charge is 0.297 e. The molecule has 0 atom stereocenters. The van der Waals surface area contributed by atoms with Gasteiger partial charge in [-0.15, -0.1) is 0 Å². The molecule has 0 saturated heterocycles. The second-order valence-corrected chi connectivity index (χ2v) is 6.71. The van der Waals surface area contributed by atoms with Crippen LogP contribution in [0.25, 0.3) is 11.3 Å². The van der Waals surface area contributed by atoms with E-state index in [4.69, 9.17) is 4.98 Å². The summed E-state index contributed by atoms with van der Waals surface area (Å²) in [5, 5.41) is 0.767. The Morgan fingerprint density at radius 3 is 1.73 bits per heavy atom. The summed E-state index contributed by atoms with van der Waals surface area (Å²) in [7, 11) is 0. The maximum atomic E-state index is 11.7. The molecule has 0 unspecified atom stereocenters. The van der Waals surface area contributed by atoms with Crippen LogP contribution in [-0.2, 0) is 0 Å². The minimum absolute atomic E-state index is 0.628. The number of hydrogen-bond donors (Lipinski definition) is 0. The second kappa shape index (κ2) is 7.33. The van der Waals surface area contributed by atoms with Crippen molar-refractivity contribution >= 4 is 34.1 Å². The lowest BCUT2D eigenvalue weighted by Crippen LogP contribution is -2.09. The van der Waals surface area contributed by atoms with Crippen LogP contribution < -0.4 is 4.90 Å². The SMILES string of the molecule is O=Cc1sc(N(c2ccccc2)c2ccccc2)nc1-c1ccccc1. The van der Waals surface area contributed by atoms with E-state index in [9.17, 15) is 4.79 Å². The number of hydrogen-bond acceptors (Lipinski definition) is 4. The predicted octanol–water partition coefficient (Wildman–Crippen LogP) is 6.09. The van der Waals surface area contributed by atoms with Crippen LogP contribution in [0, 0.1) is 0 Å². The summed E-state index contributed by atoms with van der Waals surface area (Å²) in [6.07, 6.45) is 0.887. The van der Waals surface area contributed by atoms with Crippen LogP contribution >= 0.6 is 11.3 Å². The first kappa shape index (κ1) is 16.2. The lowest BCUT2D eigenvalue weighted by molar-refractivity contribution is 0.112. The maximum absolute atomic E-state index is 11.7. The lowest BCUT2D eigenvalue weighted by Gasteiger charge is -2.22. The van der Waals surface area contributed by atoms with Gasteiger partial charge in [0.15, 0.2) is 11.4 Å². The number of nitrogens with zero attached hydrogens (tertiary/aromatic N) is 2. The molecule has 3 nitrogen and oxygen atoms in total. The van der Waals surface area contributed by atoms with Gasteiger partial charge in [-0.1, -0.05) is 78.1 Å². The molecule has 0 aliphatic rings. The highest BCUT2D eigenvalue weighted by molar-refractivity contribution is 7.17. The molecule has 4 heteroatoms. The summed E-state index contributed by atoms with van der Waals surface area (Å²) in [4.78, 5) is 19.2. The molecule has 1 heterocycles. The van der Waals surface area contributed by atoms with Gasteiger partial charge in [-0.2, -0.15) is 0 Å². The number of carbonyl (C=O) groups excluding carboxylic acids is 1. The van der Waals surface area contributed by atoms with E-state index in [0.29, 0.717) is 4.88 Å². The summed E-state index contributed by atoms with van der Waals surface area (Å²) in [6.45, 7) is 0. The molecule has 4 rings (SSSR count). The molecule has 26 heavy (non-hydrogen) atoms. The normalized spacial score (nSPS) is 10.5. The summed E-state index contributed by atoms with van der Waals surface area (Å²) in [6, 6.07) is 29.9. The van der Waals surface area contributed by atoms with Gasteiger partial charge in [0, 0.05) is 16.9 Å². The predicted molar refractivity (Wildman–Crippen MR) is 108 cm³/mol. The van der Waals surface area contributed by atoms with Crippen LogP contribution in [0.15, 0.2) is 91.0 Å². The van der Waals surface area contributed by atoms with Crippen LogP contribution in [-0.4, -0.2) is 11.3 Å². The summed E-state index contributed by atoms with van der Waals surface area (Å²) in [5.74, 6) is 0. The molecule has 1 aromatic heterocycles. The zero-order valence-corrected chi connectivity index (χ0v) is 14.8. The summed E-state index contributed by atoms with van der Waals surface area (Å²) >= 11 is 1.40. The van der Waals surface area contributed by atoms with Crippen LogP contribution in [0.5, 0.6) is 0 Å². The van der Waals surface area contributed by atoms with Gasteiger partial charge in [-0.3, -0.25) is 9.69 Å². The van der Waals surface area contributed by atoms with Gasteiger partial charge in [0.1, 0.15) is 0 Å². The van der Waals surface area contributed by atoms with Gasteiger partial charge in [-0.05, 0) is 24.3 Å². The number of carbonyl (C=O) groups is 1. The van der Waals surface area contributed by atoms with E-state index in [2.05, 4.69) is 4.90 Å². The standard InChI is InChI=1S/C22H16N2OS/c25-16-20-21(17-10-4-1-5-11-17)23-22(26-20)24(18-12-6-2-7-13-18)19-14-8-3-9-15-19/h1-16H. The van der Waals surface area contributed by atoms with Crippen LogP contribution in [0.3, 0.4) is 0 Å². The van der Waals surface area contributed by atoms with Crippen molar-refractivity contribution in [3.63, 3.8) is 0 Å². The number of rotatable bonds is 5. The first-order valence-corrected chi connectivity index (χ1v) is 9.10. The van der Waals surface area contributed by atoms with Crippen molar-refractivity contribution < 1.29 is 4.79 Å². The molecule has 0 amide bonds. The number of aromatic nitrogens is 1. The highest BCUT2D eigenvalue weighted by atomic mass is 32.1. The molecule has 0 aliphatic carbocycles. The van der Waals surface area contributed by atoms with E-state index in [1.807, 2.05) is 91.0 Å². The van der Waals surface area contributed by atoms with Crippen molar-refractivity contribution in [2.75, 3.05) is 4.90 Å². The van der Waals surface area contributed by atoms with Crippen LogP contribution in [0.2, 0.25) is 0 Å². The lowest BCUT2D eigenvalue weighted by atomic mass is 10.1. The molecular weight excluding hydrogens is 340 g/mol. The highest BCUT2D eigenvalue weighted by Gasteiger charge is 2.19. The Kier molecular flexibility index (Phi) is 4.58. The van der Waals surface area contributed by atoms with Crippen molar-refractivity contribution in [2.45, 2.75) is 0 Å². The van der Waals surface area contributed by atoms with Gasteiger partial charge in [0.25, 0.3) is 0 Å². The summed E-state index contributed by atoms with van der Waals surface area (Å²) < 4.78 is 0. The topological polar surface area (TPSA) is 33.2 Å². The minimum Gasteiger partial charge on any atom is -0.297 e. The molecule has 0 radical (unpaired) electrons. The van der Waals surface area contributed by atoms with E-state index >= 15 is 0 Å². The first-order chi connectivity index (χ1) is 12.9. The Hall–Kier alpha value is -3.24. The second-order valence-electron chi connectivity index (χ2n) is 5.70. The van der Waals surface area contributed by atoms with Crippen molar-refractivity contribution in [1.82, 2.24) is 4.98 Å². The Balaban J connectivity index is 1.87. The third kappa shape index (κ3) is 3.15. The van der Waals surface area contributed by atoms with Crippen molar-refractivity contribution in [2.24, 2.45) is 0 Å². The zero-order chi connectivity index (χ0) is 17.8. The Morgan fingerprint density at radius 2 is 1.23 bits per heavy atom. The fraction of sp³-hybridized carbons (Fsp3) is 0. The smallest absolute Gasteiger partial charge is 0.195 e. The molecule has 0 aliphatic heterocycles. The summed E-state index contributed by atoms with van der Waals surface area (Å²) in [5.41, 5.74) is 3.67. The van der Waals surface area contributed by atoms with E-state index in [-0.39, 0.29) is 0 Å². The van der Waals surface area contributed by atoms with Crippen molar-refractivity contribution in [3.8, 4) is 11.3 Å². The Morgan fingerprint density at radius 1 is 0.731 bits per heavy atom. The number of anilines is 3. The van der Waals surface area contributed by atoms with E-state index in [1.54, 1.807) is 0 Å². The average molecular weight is 356 g/mol. The maximum Gasteiger partial charge on any atom is 0.195 e. The molecule has 4 aromatic rings. The van der Waals surface area contributed by atoms with E-state index in [0.717, 1.165) is 34.0 Å². The van der Waals surface area contributed by atoms with Crippen molar-refractivity contribution in [3.05, 3.63) is 95.9 Å². The zero-order valence-electron chi connectivity index (χ0n) is 13.9. The molecule has 3 aromatic carbocycles. The number of benzene rings is 3. The van der Waals surface area contributed by atoms with E-state index in [1.165, 1.54) is 11.3 Å². The molecule has 0 spiro atoms. The van der Waals surface area contributed by atoms with Gasteiger partial charge in [0.05, 0.1) is 10.6 Å². The quantitative estimate of drug-likeness (QED) is 0.406. The molecule has 126 valence electrons. The fourth-order valence-corrected chi connectivity index (χ4v) is 3.77. The van der Waals surface area contributed by atoms with Gasteiger partial charge < -0.3 is 0 Å². The van der Waals surface area contributed by atoms with Gasteiger partial charge in [0.2, 0.25) is 0 Å². The molecule has 0 saturated carbocycles. The molecule has 0 fully saturated rings. The number of thiazole rings is 1. The fourth-order valence-electron chi connectivity index (χ4n) is 2.82. The van der Waals surface area contributed by atoms with Crippen LogP contribution in [0.1, 0.15) is 9.67 Å². The highest BCUT2D eigenvalue weighted by Crippen LogP contribution is 2.39. The Bertz CT molecular complexity index is 959. The first-order valence-electron chi connectivity index (χ1n) is 8.28. The Labute approximate surface area is 156 Å². The molecule has 0 bridgehead atoms. The third-order valence-electron chi connectivity index (χ3n) is 4.02. The number of aldehydes is 1.